The summed E-state index contributed by atoms with van der Waals surface area (Å²) in [6, 6.07) is 8.57. The SMILES string of the molecule is C=Cc1ccc(CCCNC)cc1. The summed E-state index contributed by atoms with van der Waals surface area (Å²) in [6.45, 7) is 4.81. The molecule has 0 bridgehead atoms. The molecule has 0 saturated heterocycles. The zero-order valence-corrected chi connectivity index (χ0v) is 8.22. The fourth-order valence-corrected chi connectivity index (χ4v) is 1.29. The van der Waals surface area contributed by atoms with E-state index in [9.17, 15) is 0 Å². The largest absolute Gasteiger partial charge is 0.320 e. The van der Waals surface area contributed by atoms with E-state index in [0.29, 0.717) is 0 Å². The van der Waals surface area contributed by atoms with E-state index < -0.39 is 0 Å². The van der Waals surface area contributed by atoms with Crippen LogP contribution >= 0.6 is 0 Å². The fraction of sp³-hybridized carbons (Fsp3) is 0.333. The van der Waals surface area contributed by atoms with Crippen LogP contribution < -0.4 is 5.32 Å². The van der Waals surface area contributed by atoms with E-state index in [1.165, 1.54) is 17.5 Å². The Kier molecular flexibility index (Phi) is 4.27. The van der Waals surface area contributed by atoms with Crippen LogP contribution in [0.3, 0.4) is 0 Å². The molecule has 0 spiro atoms. The van der Waals surface area contributed by atoms with Gasteiger partial charge in [0, 0.05) is 0 Å². The van der Waals surface area contributed by atoms with E-state index in [1.54, 1.807) is 0 Å². The molecule has 0 atom stereocenters. The Hall–Kier alpha value is -1.08. The van der Waals surface area contributed by atoms with E-state index in [2.05, 4.69) is 36.2 Å². The van der Waals surface area contributed by atoms with Crippen LogP contribution in [0.5, 0.6) is 0 Å². The van der Waals surface area contributed by atoms with Crippen LogP contribution in [0.25, 0.3) is 6.08 Å². The summed E-state index contributed by atoms with van der Waals surface area (Å²) < 4.78 is 0. The predicted molar refractivity (Wildman–Crippen MR) is 58.8 cm³/mol. The van der Waals surface area contributed by atoms with Gasteiger partial charge in [-0.05, 0) is 37.6 Å². The first-order chi connectivity index (χ1) is 6.36. The smallest absolute Gasteiger partial charge is 0.00488 e. The molecule has 0 saturated carbocycles. The van der Waals surface area contributed by atoms with Crippen LogP contribution in [0.1, 0.15) is 17.5 Å². The van der Waals surface area contributed by atoms with Crippen LogP contribution in [0.15, 0.2) is 30.8 Å². The lowest BCUT2D eigenvalue weighted by atomic mass is 10.1. The van der Waals surface area contributed by atoms with Crippen molar-refractivity contribution in [2.45, 2.75) is 12.8 Å². The monoisotopic (exact) mass is 175 g/mol. The highest BCUT2D eigenvalue weighted by Gasteiger charge is 1.91. The molecule has 0 heterocycles. The van der Waals surface area contributed by atoms with E-state index in [-0.39, 0.29) is 0 Å². The van der Waals surface area contributed by atoms with Crippen LogP contribution in [-0.2, 0) is 6.42 Å². The molecule has 0 aliphatic carbocycles. The van der Waals surface area contributed by atoms with E-state index >= 15 is 0 Å². The number of aryl methyl sites for hydroxylation is 1. The lowest BCUT2D eigenvalue weighted by Crippen LogP contribution is -2.08. The average Bonchev–Trinajstić information content (AvgIpc) is 2.19. The number of nitrogens with one attached hydrogen (secondary N) is 1. The highest BCUT2D eigenvalue weighted by molar-refractivity contribution is 5.47. The second-order valence-corrected chi connectivity index (χ2v) is 3.15. The lowest BCUT2D eigenvalue weighted by Gasteiger charge is -2.01. The van der Waals surface area contributed by atoms with Gasteiger partial charge >= 0.3 is 0 Å². The Balaban J connectivity index is 2.44. The van der Waals surface area contributed by atoms with Crippen molar-refractivity contribution < 1.29 is 0 Å². The molecule has 1 rings (SSSR count). The van der Waals surface area contributed by atoms with Gasteiger partial charge in [-0.1, -0.05) is 36.9 Å². The third kappa shape index (κ3) is 3.43. The molecule has 0 aromatic heterocycles. The number of rotatable bonds is 5. The quantitative estimate of drug-likeness (QED) is 0.678. The standard InChI is InChI=1S/C12H17N/c1-3-11-6-8-12(9-7-11)5-4-10-13-2/h3,6-9,13H,1,4-5,10H2,2H3. The zero-order chi connectivity index (χ0) is 9.52. The van der Waals surface area contributed by atoms with Gasteiger partial charge in [0.05, 0.1) is 0 Å². The Labute approximate surface area is 80.5 Å². The van der Waals surface area contributed by atoms with E-state index in [0.717, 1.165) is 13.0 Å². The highest BCUT2D eigenvalue weighted by atomic mass is 14.8. The molecule has 70 valence electrons. The first-order valence-electron chi connectivity index (χ1n) is 4.73. The van der Waals surface area contributed by atoms with Gasteiger partial charge < -0.3 is 5.32 Å². The van der Waals surface area contributed by atoms with Gasteiger partial charge in [-0.15, -0.1) is 0 Å². The topological polar surface area (TPSA) is 12.0 Å². The number of benzene rings is 1. The first kappa shape index (κ1) is 10.0. The summed E-state index contributed by atoms with van der Waals surface area (Å²) in [4.78, 5) is 0. The summed E-state index contributed by atoms with van der Waals surface area (Å²) in [5.74, 6) is 0. The van der Waals surface area contributed by atoms with Gasteiger partial charge in [-0.25, -0.2) is 0 Å². The third-order valence-corrected chi connectivity index (χ3v) is 2.11. The molecule has 0 unspecified atom stereocenters. The molecule has 1 aromatic rings. The Morgan fingerprint density at radius 2 is 2.00 bits per heavy atom. The Bertz CT molecular complexity index is 248. The third-order valence-electron chi connectivity index (χ3n) is 2.11. The van der Waals surface area contributed by atoms with Crippen molar-refractivity contribution in [1.29, 1.82) is 0 Å². The van der Waals surface area contributed by atoms with Crippen LogP contribution in [-0.4, -0.2) is 13.6 Å². The summed E-state index contributed by atoms with van der Waals surface area (Å²) in [6.07, 6.45) is 4.22. The predicted octanol–water partition coefficient (Wildman–Crippen LogP) is 2.48. The van der Waals surface area contributed by atoms with Crippen molar-refractivity contribution in [2.75, 3.05) is 13.6 Å². The van der Waals surface area contributed by atoms with Crippen molar-refractivity contribution in [3.05, 3.63) is 42.0 Å². The molecule has 1 N–H and O–H groups in total. The van der Waals surface area contributed by atoms with E-state index in [4.69, 9.17) is 0 Å². The maximum Gasteiger partial charge on any atom is -0.00488 e. The second-order valence-electron chi connectivity index (χ2n) is 3.15. The van der Waals surface area contributed by atoms with Crippen molar-refractivity contribution in [3.8, 4) is 0 Å². The molecule has 1 nitrogen and oxygen atoms in total. The van der Waals surface area contributed by atoms with Crippen LogP contribution in [0, 0.1) is 0 Å². The van der Waals surface area contributed by atoms with E-state index in [1.807, 2.05) is 13.1 Å². The maximum absolute atomic E-state index is 3.73. The minimum Gasteiger partial charge on any atom is -0.320 e. The molecule has 0 aliphatic heterocycles. The Morgan fingerprint density at radius 1 is 1.31 bits per heavy atom. The minimum absolute atomic E-state index is 1.09. The summed E-state index contributed by atoms with van der Waals surface area (Å²) >= 11 is 0. The second kappa shape index (κ2) is 5.55. The first-order valence-corrected chi connectivity index (χ1v) is 4.73. The van der Waals surface area contributed by atoms with Gasteiger partial charge in [0.1, 0.15) is 0 Å². The molecule has 1 heteroatoms. The fourth-order valence-electron chi connectivity index (χ4n) is 1.29. The molecule has 0 aliphatic rings. The molecular formula is C12H17N. The van der Waals surface area contributed by atoms with Crippen molar-refractivity contribution >= 4 is 6.08 Å². The van der Waals surface area contributed by atoms with Crippen molar-refractivity contribution in [1.82, 2.24) is 5.32 Å². The van der Waals surface area contributed by atoms with Crippen molar-refractivity contribution in [2.24, 2.45) is 0 Å². The summed E-state index contributed by atoms with van der Waals surface area (Å²) in [7, 11) is 1.99. The highest BCUT2D eigenvalue weighted by Crippen LogP contribution is 2.07. The molecular weight excluding hydrogens is 158 g/mol. The van der Waals surface area contributed by atoms with Gasteiger partial charge in [-0.2, -0.15) is 0 Å². The molecule has 0 amide bonds. The van der Waals surface area contributed by atoms with Gasteiger partial charge in [0.2, 0.25) is 0 Å². The summed E-state index contributed by atoms with van der Waals surface area (Å²) in [5.41, 5.74) is 2.60. The van der Waals surface area contributed by atoms with Crippen LogP contribution in [0.2, 0.25) is 0 Å². The normalized spacial score (nSPS) is 9.92. The zero-order valence-electron chi connectivity index (χ0n) is 8.22. The van der Waals surface area contributed by atoms with Crippen molar-refractivity contribution in [3.63, 3.8) is 0 Å². The lowest BCUT2D eigenvalue weighted by molar-refractivity contribution is 0.725. The maximum atomic E-state index is 3.73. The molecule has 13 heavy (non-hydrogen) atoms. The number of hydrogen-bond acceptors (Lipinski definition) is 1. The van der Waals surface area contributed by atoms with Gasteiger partial charge in [0.15, 0.2) is 0 Å². The average molecular weight is 175 g/mol. The Morgan fingerprint density at radius 3 is 2.54 bits per heavy atom. The van der Waals surface area contributed by atoms with Gasteiger partial charge in [-0.3, -0.25) is 0 Å². The number of hydrogen-bond donors (Lipinski definition) is 1. The molecule has 1 aromatic carbocycles. The summed E-state index contributed by atoms with van der Waals surface area (Å²) in [5, 5.41) is 3.14. The molecule has 0 fully saturated rings. The minimum atomic E-state index is 1.09. The molecule has 0 radical (unpaired) electrons. The van der Waals surface area contributed by atoms with Crippen LogP contribution in [0.4, 0.5) is 0 Å². The van der Waals surface area contributed by atoms with Gasteiger partial charge in [0.25, 0.3) is 0 Å².